The molecule has 2 N–H and O–H groups in total. The number of nitrogens with zero attached hydrogens (tertiary/aromatic N) is 3. The monoisotopic (exact) mass is 651 g/mol. The van der Waals surface area contributed by atoms with Gasteiger partial charge in [0.05, 0.1) is 38.9 Å². The Morgan fingerprint density at radius 2 is 1.62 bits per heavy atom. The molecule has 6 rings (SSSR count). The quantitative estimate of drug-likeness (QED) is 0.259. The second kappa shape index (κ2) is 12.4. The largest absolute Gasteiger partial charge is 1.00 e. The zero-order valence-corrected chi connectivity index (χ0v) is 28.3. The maximum absolute atomic E-state index is 12.5. The minimum atomic E-state index is -0.248. The van der Waals surface area contributed by atoms with Crippen LogP contribution in [-0.2, 0) is 9.53 Å². The van der Waals surface area contributed by atoms with Crippen LogP contribution in [0.5, 0.6) is 0 Å². The van der Waals surface area contributed by atoms with Crippen LogP contribution in [0.1, 0.15) is 78.6 Å². The summed E-state index contributed by atoms with van der Waals surface area (Å²) in [4.78, 5) is 17.7. The highest BCUT2D eigenvalue weighted by atomic mass is 79.9. The number of quaternary nitrogens is 1. The average molecular weight is 653 g/mol. The zero-order valence-electron chi connectivity index (χ0n) is 26.7. The number of esters is 1. The van der Waals surface area contributed by atoms with Crippen molar-refractivity contribution < 1.29 is 41.2 Å². The fourth-order valence-corrected chi connectivity index (χ4v) is 11.4. The second-order valence-electron chi connectivity index (χ2n) is 16.0. The molecule has 0 radical (unpaired) electrons. The molecule has 0 spiro atoms. The van der Waals surface area contributed by atoms with Gasteiger partial charge in [0.1, 0.15) is 6.10 Å². The average Bonchev–Trinajstić information content (AvgIpc) is 3.21. The van der Waals surface area contributed by atoms with E-state index in [1.54, 1.807) is 6.92 Å². The molecular weight excluding hydrogens is 594 g/mol. The smallest absolute Gasteiger partial charge is 0.302 e. The van der Waals surface area contributed by atoms with E-state index in [1.807, 2.05) is 0 Å². The molecule has 3 unspecified atom stereocenters. The summed E-state index contributed by atoms with van der Waals surface area (Å²) < 4.78 is 7.37. The molecule has 4 aliphatic carbocycles. The summed E-state index contributed by atoms with van der Waals surface area (Å²) in [5, 5.41) is 21.4. The first-order chi connectivity index (χ1) is 19.5. The van der Waals surface area contributed by atoms with Crippen molar-refractivity contribution in [3.05, 3.63) is 12.7 Å². The highest BCUT2D eigenvalue weighted by Crippen LogP contribution is 2.67. The number of rotatable bonds is 5. The van der Waals surface area contributed by atoms with E-state index in [9.17, 15) is 15.0 Å². The molecule has 0 aromatic rings. The summed E-state index contributed by atoms with van der Waals surface area (Å²) in [7, 11) is 2.35. The third kappa shape index (κ3) is 5.68. The Bertz CT molecular complexity index is 982. The first-order valence-electron chi connectivity index (χ1n) is 16.9. The number of fused-ring (bicyclic) bond motifs is 5. The lowest BCUT2D eigenvalue weighted by Gasteiger charge is -2.62. The number of hydrogen-bond acceptors (Lipinski definition) is 6. The number of piperidine rings is 1. The highest BCUT2D eigenvalue weighted by Gasteiger charge is 2.65. The van der Waals surface area contributed by atoms with E-state index in [1.165, 1.54) is 19.3 Å². The number of carbonyl (C=O) groups excluding carboxylic acids is 1. The molecule has 2 saturated heterocycles. The molecule has 4 saturated carbocycles. The van der Waals surface area contributed by atoms with E-state index < -0.39 is 0 Å². The molecule has 0 bridgehead atoms. The van der Waals surface area contributed by atoms with E-state index in [2.05, 4.69) is 43.3 Å². The summed E-state index contributed by atoms with van der Waals surface area (Å²) in [6, 6.07) is 0.536. The van der Waals surface area contributed by atoms with Gasteiger partial charge in [-0.2, -0.15) is 0 Å². The predicted octanol–water partition coefficient (Wildman–Crippen LogP) is 0.688. The van der Waals surface area contributed by atoms with Gasteiger partial charge in [-0.25, -0.2) is 0 Å². The Hall–Kier alpha value is -0.510. The third-order valence-corrected chi connectivity index (χ3v) is 13.8. The lowest BCUT2D eigenvalue weighted by Crippen LogP contribution is -3.00. The molecule has 10 atom stereocenters. The van der Waals surface area contributed by atoms with Gasteiger partial charge >= 0.3 is 5.97 Å². The number of likely N-dealkylation sites (tertiary alicyclic amines) is 1. The SMILES string of the molecule is C=CC[N+]1(C)CCN([C@H]2CC3C4CC[C@H]5C[C@H](O)[C@@H](N6CCC(O)CC6)C[C@]5(C)C4CC[C@]3(C)[C@H]2OC(C)=O)CC1.[Br-]. The number of hydrogen-bond donors (Lipinski definition) is 2. The summed E-state index contributed by atoms with van der Waals surface area (Å²) in [6.07, 6.45) is 11.3. The molecule has 0 aromatic carbocycles. The standard InChI is InChI=1S/C34H58N3O4.BrH/c1-6-17-37(5)18-15-36(16-19-37)29-21-28-26-8-7-24-20-31(40)30(35-13-10-25(39)11-14-35)22-34(24,4)27(26)9-12-33(28,3)32(29)41-23(2)38;/h6,24-32,39-40H,1,7-22H2,2-5H3;1H/q+1;/p-1/t24-,26?,27?,28?,29-,30-,31-,32-,33-,34-;/m0./s1. The second-order valence-corrected chi connectivity index (χ2v) is 16.0. The first kappa shape index (κ1) is 32.9. The molecule has 2 aliphatic heterocycles. The van der Waals surface area contributed by atoms with E-state index >= 15 is 0 Å². The predicted molar refractivity (Wildman–Crippen MR) is 161 cm³/mol. The summed E-state index contributed by atoms with van der Waals surface area (Å²) >= 11 is 0. The van der Waals surface area contributed by atoms with Gasteiger partial charge in [0, 0.05) is 50.6 Å². The van der Waals surface area contributed by atoms with Crippen LogP contribution >= 0.6 is 0 Å². The van der Waals surface area contributed by atoms with Crippen LogP contribution < -0.4 is 17.0 Å². The van der Waals surface area contributed by atoms with Crippen LogP contribution in [0.15, 0.2) is 12.7 Å². The Balaban J connectivity index is 0.00000353. The zero-order chi connectivity index (χ0) is 29.2. The normalized spacial score (nSPS) is 46.0. The van der Waals surface area contributed by atoms with Gasteiger partial charge in [0.25, 0.3) is 0 Å². The van der Waals surface area contributed by atoms with Gasteiger partial charge in [-0.3, -0.25) is 14.6 Å². The Morgan fingerprint density at radius 1 is 0.952 bits per heavy atom. The Kier molecular flexibility index (Phi) is 9.67. The van der Waals surface area contributed by atoms with Crippen molar-refractivity contribution >= 4 is 5.97 Å². The summed E-state index contributed by atoms with van der Waals surface area (Å²) in [6.45, 7) is 17.8. The van der Waals surface area contributed by atoms with Gasteiger partial charge in [0.15, 0.2) is 0 Å². The van der Waals surface area contributed by atoms with Crippen molar-refractivity contribution in [2.45, 2.75) is 109 Å². The van der Waals surface area contributed by atoms with E-state index in [4.69, 9.17) is 4.74 Å². The van der Waals surface area contributed by atoms with Crippen LogP contribution in [-0.4, -0.2) is 114 Å². The number of aliphatic hydroxyl groups excluding tert-OH is 2. The fraction of sp³-hybridized carbons (Fsp3) is 0.912. The van der Waals surface area contributed by atoms with Crippen molar-refractivity contribution in [3.63, 3.8) is 0 Å². The molecule has 0 amide bonds. The van der Waals surface area contributed by atoms with Crippen molar-refractivity contribution in [3.8, 4) is 0 Å². The molecule has 2 heterocycles. The first-order valence-corrected chi connectivity index (χ1v) is 16.9. The van der Waals surface area contributed by atoms with Crippen LogP contribution in [0.2, 0.25) is 0 Å². The Morgan fingerprint density at radius 3 is 2.26 bits per heavy atom. The number of carbonyl (C=O) groups is 1. The minimum absolute atomic E-state index is 0. The maximum atomic E-state index is 12.5. The number of piperazine rings is 1. The molecule has 42 heavy (non-hydrogen) atoms. The van der Waals surface area contributed by atoms with Crippen LogP contribution in [0.3, 0.4) is 0 Å². The third-order valence-electron chi connectivity index (χ3n) is 13.8. The molecule has 0 aromatic heterocycles. The van der Waals surface area contributed by atoms with Crippen molar-refractivity contribution in [2.75, 3.05) is 52.9 Å². The van der Waals surface area contributed by atoms with Gasteiger partial charge < -0.3 is 36.4 Å². The van der Waals surface area contributed by atoms with Crippen LogP contribution in [0.4, 0.5) is 0 Å². The molecule has 6 aliphatic rings. The summed E-state index contributed by atoms with van der Waals surface area (Å²) in [5.41, 5.74) is 0.280. The number of halogens is 1. The van der Waals surface area contributed by atoms with E-state index in [-0.39, 0.29) is 58.1 Å². The highest BCUT2D eigenvalue weighted by molar-refractivity contribution is 5.66. The fourth-order valence-electron chi connectivity index (χ4n) is 11.4. The number of ether oxygens (including phenoxy) is 1. The van der Waals surface area contributed by atoms with E-state index in [0.29, 0.717) is 29.7 Å². The molecule has 240 valence electrons. The van der Waals surface area contributed by atoms with Crippen molar-refractivity contribution in [2.24, 2.45) is 34.5 Å². The van der Waals surface area contributed by atoms with Gasteiger partial charge in [-0.05, 0) is 93.0 Å². The summed E-state index contributed by atoms with van der Waals surface area (Å²) in [5.74, 6) is 2.40. The molecule has 8 heteroatoms. The van der Waals surface area contributed by atoms with Crippen LogP contribution in [0.25, 0.3) is 0 Å². The molecule has 7 nitrogen and oxygen atoms in total. The molecule has 6 fully saturated rings. The van der Waals surface area contributed by atoms with E-state index in [0.717, 1.165) is 88.8 Å². The topological polar surface area (TPSA) is 73.2 Å². The molecular formula is C34H58BrN3O4. The maximum Gasteiger partial charge on any atom is 0.302 e. The lowest BCUT2D eigenvalue weighted by molar-refractivity contribution is -0.908. The van der Waals surface area contributed by atoms with Crippen molar-refractivity contribution in [1.82, 2.24) is 9.80 Å². The van der Waals surface area contributed by atoms with Crippen LogP contribution in [0, 0.1) is 34.5 Å². The lowest BCUT2D eigenvalue weighted by atomic mass is 9.44. The Labute approximate surface area is 265 Å². The van der Waals surface area contributed by atoms with Gasteiger partial charge in [0.2, 0.25) is 0 Å². The number of likely N-dealkylation sites (N-methyl/N-ethyl adjacent to an activating group) is 1. The van der Waals surface area contributed by atoms with Gasteiger partial charge in [-0.15, -0.1) is 0 Å². The van der Waals surface area contributed by atoms with Gasteiger partial charge in [-0.1, -0.05) is 20.4 Å². The number of aliphatic hydroxyl groups is 2. The minimum Gasteiger partial charge on any atom is -1.00 e. The van der Waals surface area contributed by atoms with Crippen molar-refractivity contribution in [1.29, 1.82) is 0 Å².